The van der Waals surface area contributed by atoms with E-state index in [1.807, 2.05) is 34.9 Å². The van der Waals surface area contributed by atoms with Crippen molar-refractivity contribution in [3.8, 4) is 11.6 Å². The summed E-state index contributed by atoms with van der Waals surface area (Å²) in [7, 11) is -3.21. The molecule has 0 saturated carbocycles. The van der Waals surface area contributed by atoms with Crippen molar-refractivity contribution in [1.29, 1.82) is 0 Å². The van der Waals surface area contributed by atoms with Crippen LogP contribution in [-0.4, -0.2) is 41.1 Å². The highest BCUT2D eigenvalue weighted by Crippen LogP contribution is 2.26. The van der Waals surface area contributed by atoms with Crippen LogP contribution in [-0.2, 0) is 16.6 Å². The molecule has 1 aliphatic heterocycles. The standard InChI is InChI=1S/C17H19N3O3S/c21-24(22,20-8-3-4-9-20)12-11-19-10-7-18-17(19)16-13-14-5-1-2-6-15(14)23-16/h1-2,5-7,10,13H,3-4,8-9,11-12H2. The number of aromatic nitrogens is 2. The number of furan rings is 1. The largest absolute Gasteiger partial charge is 0.453 e. The lowest BCUT2D eigenvalue weighted by atomic mass is 10.2. The molecule has 4 rings (SSSR count). The van der Waals surface area contributed by atoms with Crippen LogP contribution in [0.15, 0.2) is 47.1 Å². The maximum atomic E-state index is 12.4. The summed E-state index contributed by atoms with van der Waals surface area (Å²) in [5.74, 6) is 1.39. The number of hydrogen-bond acceptors (Lipinski definition) is 4. The normalized spacial score (nSPS) is 16.2. The summed E-state index contributed by atoms with van der Waals surface area (Å²) < 4.78 is 34.0. The Morgan fingerprint density at radius 2 is 1.96 bits per heavy atom. The molecule has 2 aromatic heterocycles. The molecular weight excluding hydrogens is 326 g/mol. The van der Waals surface area contributed by atoms with Gasteiger partial charge < -0.3 is 8.98 Å². The van der Waals surface area contributed by atoms with E-state index in [2.05, 4.69) is 4.98 Å². The highest BCUT2D eigenvalue weighted by Gasteiger charge is 2.25. The second-order valence-electron chi connectivity index (χ2n) is 6.01. The fraction of sp³-hybridized carbons (Fsp3) is 0.353. The number of nitrogens with zero attached hydrogens (tertiary/aromatic N) is 3. The first-order valence-electron chi connectivity index (χ1n) is 8.11. The summed E-state index contributed by atoms with van der Waals surface area (Å²) >= 11 is 0. The van der Waals surface area contributed by atoms with E-state index in [1.165, 1.54) is 0 Å². The zero-order valence-corrected chi connectivity index (χ0v) is 14.1. The number of para-hydroxylation sites is 1. The van der Waals surface area contributed by atoms with Gasteiger partial charge in [0.25, 0.3) is 0 Å². The fourth-order valence-corrected chi connectivity index (χ4v) is 4.62. The maximum absolute atomic E-state index is 12.4. The van der Waals surface area contributed by atoms with Gasteiger partial charge in [-0.05, 0) is 25.0 Å². The maximum Gasteiger partial charge on any atom is 0.215 e. The number of hydrogen-bond donors (Lipinski definition) is 0. The second kappa shape index (κ2) is 6.07. The molecule has 0 spiro atoms. The summed E-state index contributed by atoms with van der Waals surface area (Å²) in [5.41, 5.74) is 0.798. The van der Waals surface area contributed by atoms with Gasteiger partial charge in [-0.1, -0.05) is 18.2 Å². The Labute approximate surface area is 140 Å². The predicted molar refractivity (Wildman–Crippen MR) is 92.0 cm³/mol. The summed E-state index contributed by atoms with van der Waals surface area (Å²) in [6.07, 6.45) is 5.37. The third-order valence-corrected chi connectivity index (χ3v) is 6.26. The van der Waals surface area contributed by atoms with Gasteiger partial charge in [-0.2, -0.15) is 0 Å². The van der Waals surface area contributed by atoms with Crippen molar-refractivity contribution in [2.45, 2.75) is 19.4 Å². The molecular formula is C17H19N3O3S. The SMILES string of the molecule is O=S(=O)(CCn1ccnc1-c1cc2ccccc2o1)N1CCCC1. The van der Waals surface area contributed by atoms with E-state index in [-0.39, 0.29) is 5.75 Å². The van der Waals surface area contributed by atoms with E-state index >= 15 is 0 Å². The lowest BCUT2D eigenvalue weighted by Crippen LogP contribution is -2.31. The lowest BCUT2D eigenvalue weighted by Gasteiger charge is -2.15. The third-order valence-electron chi connectivity index (χ3n) is 4.41. The van der Waals surface area contributed by atoms with E-state index in [0.29, 0.717) is 31.2 Å². The molecule has 0 N–H and O–H groups in total. The minimum absolute atomic E-state index is 0.0799. The topological polar surface area (TPSA) is 68.3 Å². The van der Waals surface area contributed by atoms with Crippen molar-refractivity contribution < 1.29 is 12.8 Å². The molecule has 0 unspecified atom stereocenters. The number of sulfonamides is 1. The lowest BCUT2D eigenvalue weighted by molar-refractivity contribution is 0.473. The van der Waals surface area contributed by atoms with Crippen LogP contribution in [0.1, 0.15) is 12.8 Å². The molecule has 0 amide bonds. The van der Waals surface area contributed by atoms with E-state index in [1.54, 1.807) is 16.7 Å². The Morgan fingerprint density at radius 3 is 2.75 bits per heavy atom. The molecule has 6 nitrogen and oxygen atoms in total. The van der Waals surface area contributed by atoms with Gasteiger partial charge in [0.1, 0.15) is 5.58 Å². The quantitative estimate of drug-likeness (QED) is 0.713. The third kappa shape index (κ3) is 2.85. The summed E-state index contributed by atoms with van der Waals surface area (Å²) in [4.78, 5) is 4.34. The van der Waals surface area contributed by atoms with Crippen LogP contribution in [0, 0.1) is 0 Å². The molecule has 0 atom stereocenters. The molecule has 0 aliphatic carbocycles. The highest BCUT2D eigenvalue weighted by atomic mass is 32.2. The predicted octanol–water partition coefficient (Wildman–Crippen LogP) is 2.72. The number of rotatable bonds is 5. The Bertz CT molecular complexity index is 919. The van der Waals surface area contributed by atoms with Gasteiger partial charge in [-0.15, -0.1) is 0 Å². The van der Waals surface area contributed by atoms with Crippen LogP contribution in [0.4, 0.5) is 0 Å². The van der Waals surface area contributed by atoms with Crippen molar-refractivity contribution in [2.24, 2.45) is 0 Å². The van der Waals surface area contributed by atoms with Gasteiger partial charge in [0.05, 0.1) is 5.75 Å². The van der Waals surface area contributed by atoms with Gasteiger partial charge in [-0.3, -0.25) is 0 Å². The van der Waals surface area contributed by atoms with Crippen molar-refractivity contribution in [1.82, 2.24) is 13.9 Å². The average molecular weight is 345 g/mol. The smallest absolute Gasteiger partial charge is 0.215 e. The molecule has 7 heteroatoms. The van der Waals surface area contributed by atoms with Crippen molar-refractivity contribution >= 4 is 21.0 Å². The van der Waals surface area contributed by atoms with Gasteiger partial charge in [0.2, 0.25) is 10.0 Å². The van der Waals surface area contributed by atoms with Gasteiger partial charge in [0, 0.05) is 37.4 Å². The fourth-order valence-electron chi connectivity index (χ4n) is 3.12. The molecule has 0 bridgehead atoms. The first kappa shape index (κ1) is 15.4. The van der Waals surface area contributed by atoms with E-state index in [0.717, 1.165) is 23.8 Å². The van der Waals surface area contributed by atoms with E-state index < -0.39 is 10.0 Å². The minimum atomic E-state index is -3.21. The van der Waals surface area contributed by atoms with Gasteiger partial charge >= 0.3 is 0 Å². The Morgan fingerprint density at radius 1 is 1.17 bits per heavy atom. The zero-order valence-electron chi connectivity index (χ0n) is 13.3. The molecule has 1 aromatic carbocycles. The number of fused-ring (bicyclic) bond motifs is 1. The highest BCUT2D eigenvalue weighted by molar-refractivity contribution is 7.89. The minimum Gasteiger partial charge on any atom is -0.453 e. The van der Waals surface area contributed by atoms with E-state index in [4.69, 9.17) is 4.42 Å². The molecule has 1 aliphatic rings. The number of imidazole rings is 1. The van der Waals surface area contributed by atoms with Crippen LogP contribution < -0.4 is 0 Å². The molecule has 3 aromatic rings. The van der Waals surface area contributed by atoms with Crippen LogP contribution in [0.3, 0.4) is 0 Å². The van der Waals surface area contributed by atoms with Crippen molar-refractivity contribution in [2.75, 3.05) is 18.8 Å². The zero-order chi connectivity index (χ0) is 16.6. The van der Waals surface area contributed by atoms with Gasteiger partial charge in [-0.25, -0.2) is 17.7 Å². The molecule has 126 valence electrons. The van der Waals surface area contributed by atoms with Crippen molar-refractivity contribution in [3.63, 3.8) is 0 Å². The molecule has 0 radical (unpaired) electrons. The van der Waals surface area contributed by atoms with Crippen LogP contribution in [0.2, 0.25) is 0 Å². The Hall–Kier alpha value is -2.12. The van der Waals surface area contributed by atoms with Crippen LogP contribution in [0.25, 0.3) is 22.6 Å². The Kier molecular flexibility index (Phi) is 3.90. The first-order chi connectivity index (χ1) is 11.6. The summed E-state index contributed by atoms with van der Waals surface area (Å²) in [6.45, 7) is 1.65. The first-order valence-corrected chi connectivity index (χ1v) is 9.72. The number of aryl methyl sites for hydroxylation is 1. The molecule has 1 fully saturated rings. The summed E-state index contributed by atoms with van der Waals surface area (Å²) in [5, 5.41) is 1.01. The Balaban J connectivity index is 1.56. The van der Waals surface area contributed by atoms with Crippen LogP contribution >= 0.6 is 0 Å². The monoisotopic (exact) mass is 345 g/mol. The van der Waals surface area contributed by atoms with Gasteiger partial charge in [0.15, 0.2) is 11.6 Å². The second-order valence-corrected chi connectivity index (χ2v) is 8.10. The van der Waals surface area contributed by atoms with Crippen LogP contribution in [0.5, 0.6) is 0 Å². The summed E-state index contributed by atoms with van der Waals surface area (Å²) in [6, 6.07) is 9.70. The molecule has 24 heavy (non-hydrogen) atoms. The van der Waals surface area contributed by atoms with Crippen molar-refractivity contribution in [3.05, 3.63) is 42.7 Å². The average Bonchev–Trinajstić information content (AvgIpc) is 3.31. The molecule has 3 heterocycles. The molecule has 1 saturated heterocycles. The number of benzene rings is 1. The van der Waals surface area contributed by atoms with E-state index in [9.17, 15) is 8.42 Å².